The molecule has 1 amide bonds. The van der Waals surface area contributed by atoms with E-state index in [2.05, 4.69) is 33.0 Å². The Bertz CT molecular complexity index is 256. The Morgan fingerprint density at radius 1 is 1.41 bits per heavy atom. The molecule has 1 aliphatic heterocycles. The molecule has 3 unspecified atom stereocenters. The van der Waals surface area contributed by atoms with Gasteiger partial charge in [0.25, 0.3) is 0 Å². The van der Waals surface area contributed by atoms with Gasteiger partial charge in [0.1, 0.15) is 0 Å². The van der Waals surface area contributed by atoms with Gasteiger partial charge in [-0.2, -0.15) is 0 Å². The molecule has 0 aromatic carbocycles. The van der Waals surface area contributed by atoms with Gasteiger partial charge in [0.15, 0.2) is 0 Å². The van der Waals surface area contributed by atoms with E-state index in [1.54, 1.807) is 7.11 Å². The predicted octanol–water partition coefficient (Wildman–Crippen LogP) is 1.60. The van der Waals surface area contributed by atoms with E-state index < -0.39 is 0 Å². The summed E-state index contributed by atoms with van der Waals surface area (Å²) in [6, 6.07) is 0.152. The van der Waals surface area contributed by atoms with Gasteiger partial charge in [0.2, 0.25) is 5.91 Å². The summed E-state index contributed by atoms with van der Waals surface area (Å²) in [4.78, 5) is 14.4. The SMILES string of the molecule is CCC(COC)N1C(=O)C(C(C)C)NC1CC. The molecule has 0 radical (unpaired) electrons. The van der Waals surface area contributed by atoms with Gasteiger partial charge < -0.3 is 9.64 Å². The predicted molar refractivity (Wildman–Crippen MR) is 68.6 cm³/mol. The third-order valence-electron chi connectivity index (χ3n) is 3.51. The number of hydrogen-bond donors (Lipinski definition) is 1. The standard InChI is InChI=1S/C13H26N2O2/c1-6-10(8-17-5)15-11(7-2)14-12(9(3)4)13(15)16/h9-12,14H,6-8H2,1-5H3. The molecule has 0 aromatic heterocycles. The molecular weight excluding hydrogens is 216 g/mol. The lowest BCUT2D eigenvalue weighted by Crippen LogP contribution is -2.46. The number of carbonyl (C=O) groups excluding carboxylic acids is 1. The molecule has 1 aliphatic rings. The van der Waals surface area contributed by atoms with Crippen LogP contribution in [0.4, 0.5) is 0 Å². The number of nitrogens with one attached hydrogen (secondary N) is 1. The van der Waals surface area contributed by atoms with Crippen LogP contribution in [0.15, 0.2) is 0 Å². The van der Waals surface area contributed by atoms with E-state index in [1.807, 2.05) is 4.90 Å². The maximum Gasteiger partial charge on any atom is 0.241 e. The second kappa shape index (κ2) is 6.36. The molecule has 1 rings (SSSR count). The quantitative estimate of drug-likeness (QED) is 0.769. The van der Waals surface area contributed by atoms with Crippen LogP contribution in [-0.2, 0) is 9.53 Å². The van der Waals surface area contributed by atoms with Crippen molar-refractivity contribution in [3.8, 4) is 0 Å². The number of rotatable bonds is 6. The topological polar surface area (TPSA) is 41.6 Å². The second-order valence-corrected chi connectivity index (χ2v) is 5.08. The molecular formula is C13H26N2O2. The van der Waals surface area contributed by atoms with Gasteiger partial charge in [-0.25, -0.2) is 0 Å². The molecule has 1 N–H and O–H groups in total. The molecule has 17 heavy (non-hydrogen) atoms. The first kappa shape index (κ1) is 14.5. The van der Waals surface area contributed by atoms with Crippen molar-refractivity contribution in [1.29, 1.82) is 0 Å². The summed E-state index contributed by atoms with van der Waals surface area (Å²) in [6.07, 6.45) is 2.03. The summed E-state index contributed by atoms with van der Waals surface area (Å²) in [5.74, 6) is 0.567. The average Bonchev–Trinajstić information content (AvgIpc) is 2.63. The summed E-state index contributed by atoms with van der Waals surface area (Å²) in [5, 5.41) is 3.43. The van der Waals surface area contributed by atoms with E-state index in [9.17, 15) is 4.79 Å². The first-order valence-corrected chi connectivity index (χ1v) is 6.63. The van der Waals surface area contributed by atoms with Gasteiger partial charge in [-0.05, 0) is 18.8 Å². The minimum Gasteiger partial charge on any atom is -0.383 e. The lowest BCUT2D eigenvalue weighted by molar-refractivity contribution is -0.134. The highest BCUT2D eigenvalue weighted by molar-refractivity contribution is 5.85. The van der Waals surface area contributed by atoms with Crippen LogP contribution in [0.2, 0.25) is 0 Å². The van der Waals surface area contributed by atoms with E-state index in [-0.39, 0.29) is 24.2 Å². The first-order chi connectivity index (χ1) is 8.06. The maximum absolute atomic E-state index is 12.4. The van der Waals surface area contributed by atoms with Crippen LogP contribution in [0.1, 0.15) is 40.5 Å². The fraction of sp³-hybridized carbons (Fsp3) is 0.923. The number of nitrogens with zero attached hydrogens (tertiary/aromatic N) is 1. The van der Waals surface area contributed by atoms with Crippen molar-refractivity contribution in [3.63, 3.8) is 0 Å². The second-order valence-electron chi connectivity index (χ2n) is 5.08. The monoisotopic (exact) mass is 242 g/mol. The van der Waals surface area contributed by atoms with E-state index in [0.717, 1.165) is 12.8 Å². The highest BCUT2D eigenvalue weighted by Crippen LogP contribution is 2.22. The van der Waals surface area contributed by atoms with Crippen LogP contribution < -0.4 is 5.32 Å². The van der Waals surface area contributed by atoms with Gasteiger partial charge in [-0.15, -0.1) is 0 Å². The third-order valence-corrected chi connectivity index (χ3v) is 3.51. The van der Waals surface area contributed by atoms with Crippen molar-refractivity contribution in [2.75, 3.05) is 13.7 Å². The van der Waals surface area contributed by atoms with Crippen LogP contribution in [0.3, 0.4) is 0 Å². The average molecular weight is 242 g/mol. The van der Waals surface area contributed by atoms with Crippen LogP contribution >= 0.6 is 0 Å². The fourth-order valence-electron chi connectivity index (χ4n) is 2.49. The summed E-state index contributed by atoms with van der Waals surface area (Å²) in [7, 11) is 1.69. The van der Waals surface area contributed by atoms with Crippen molar-refractivity contribution < 1.29 is 9.53 Å². The Morgan fingerprint density at radius 2 is 2.06 bits per heavy atom. The Labute approximate surface area is 105 Å². The van der Waals surface area contributed by atoms with Crippen LogP contribution in [0, 0.1) is 5.92 Å². The van der Waals surface area contributed by atoms with Crippen LogP contribution in [-0.4, -0.2) is 42.8 Å². The molecule has 1 fully saturated rings. The zero-order chi connectivity index (χ0) is 13.0. The smallest absolute Gasteiger partial charge is 0.241 e. The largest absolute Gasteiger partial charge is 0.383 e. The van der Waals surface area contributed by atoms with Gasteiger partial charge in [0.05, 0.1) is 24.9 Å². The zero-order valence-corrected chi connectivity index (χ0v) is 11.7. The molecule has 0 aliphatic carbocycles. The van der Waals surface area contributed by atoms with Crippen molar-refractivity contribution in [3.05, 3.63) is 0 Å². The fourth-order valence-corrected chi connectivity index (χ4v) is 2.49. The highest BCUT2D eigenvalue weighted by Gasteiger charge is 2.42. The van der Waals surface area contributed by atoms with E-state index in [0.29, 0.717) is 12.5 Å². The molecule has 4 nitrogen and oxygen atoms in total. The van der Waals surface area contributed by atoms with Crippen molar-refractivity contribution in [1.82, 2.24) is 10.2 Å². The molecule has 1 heterocycles. The van der Waals surface area contributed by atoms with Gasteiger partial charge in [-0.1, -0.05) is 27.7 Å². The molecule has 0 aromatic rings. The van der Waals surface area contributed by atoms with Gasteiger partial charge in [0, 0.05) is 7.11 Å². The number of carbonyl (C=O) groups is 1. The Hall–Kier alpha value is -0.610. The van der Waals surface area contributed by atoms with Crippen LogP contribution in [0.5, 0.6) is 0 Å². The summed E-state index contributed by atoms with van der Waals surface area (Å²) < 4.78 is 5.22. The maximum atomic E-state index is 12.4. The van der Waals surface area contributed by atoms with Crippen LogP contribution in [0.25, 0.3) is 0 Å². The lowest BCUT2D eigenvalue weighted by atomic mass is 10.0. The molecule has 3 atom stereocenters. The highest BCUT2D eigenvalue weighted by atomic mass is 16.5. The summed E-state index contributed by atoms with van der Waals surface area (Å²) in [5.41, 5.74) is 0. The Balaban J connectivity index is 2.83. The van der Waals surface area contributed by atoms with Crippen molar-refractivity contribution in [2.24, 2.45) is 5.92 Å². The van der Waals surface area contributed by atoms with E-state index in [4.69, 9.17) is 4.74 Å². The molecule has 4 heteroatoms. The first-order valence-electron chi connectivity index (χ1n) is 6.63. The Morgan fingerprint density at radius 3 is 2.47 bits per heavy atom. The number of ether oxygens (including phenoxy) is 1. The van der Waals surface area contributed by atoms with E-state index in [1.165, 1.54) is 0 Å². The summed E-state index contributed by atoms with van der Waals surface area (Å²) >= 11 is 0. The third kappa shape index (κ3) is 2.99. The van der Waals surface area contributed by atoms with Gasteiger partial charge >= 0.3 is 0 Å². The van der Waals surface area contributed by atoms with Crippen molar-refractivity contribution in [2.45, 2.75) is 58.8 Å². The molecule has 0 saturated carbocycles. The van der Waals surface area contributed by atoms with Crippen molar-refractivity contribution >= 4 is 5.91 Å². The number of methoxy groups -OCH3 is 1. The minimum atomic E-state index is -0.0362. The minimum absolute atomic E-state index is 0.0362. The molecule has 0 bridgehead atoms. The molecule has 1 saturated heterocycles. The number of hydrogen-bond acceptors (Lipinski definition) is 3. The normalized spacial score (nSPS) is 26.9. The Kier molecular flexibility index (Phi) is 5.40. The van der Waals surface area contributed by atoms with E-state index >= 15 is 0 Å². The lowest BCUT2D eigenvalue weighted by Gasteiger charge is -2.31. The molecule has 100 valence electrons. The number of amides is 1. The molecule has 0 spiro atoms. The zero-order valence-electron chi connectivity index (χ0n) is 11.7. The summed E-state index contributed by atoms with van der Waals surface area (Å²) in [6.45, 7) is 9.00. The van der Waals surface area contributed by atoms with Gasteiger partial charge in [-0.3, -0.25) is 10.1 Å².